The van der Waals surface area contributed by atoms with E-state index in [0.29, 0.717) is 6.61 Å². The van der Waals surface area contributed by atoms with Crippen molar-refractivity contribution in [3.8, 4) is 0 Å². The van der Waals surface area contributed by atoms with Crippen LogP contribution in [0.15, 0.2) is 30.3 Å². The Balaban J connectivity index is 1.69. The Morgan fingerprint density at radius 1 is 1.35 bits per heavy atom. The average Bonchev–Trinajstić information content (AvgIpc) is 2.80. The van der Waals surface area contributed by atoms with Crippen molar-refractivity contribution >= 4 is 5.97 Å². The lowest BCUT2D eigenvalue weighted by Crippen LogP contribution is -2.41. The van der Waals surface area contributed by atoms with Crippen molar-refractivity contribution in [1.29, 1.82) is 0 Å². The standard InChI is InChI=1S/C17H23NO2/c1-2-20-16(19)15-12-18(13-17(15)9-6-10-17)11-14-7-4-3-5-8-14/h3-5,7-8,15H,2,6,9-13H2,1H3. The zero-order valence-electron chi connectivity index (χ0n) is 12.2. The van der Waals surface area contributed by atoms with Crippen LogP contribution in [0.5, 0.6) is 0 Å². The highest BCUT2D eigenvalue weighted by Crippen LogP contribution is 2.52. The van der Waals surface area contributed by atoms with E-state index in [1.165, 1.54) is 24.8 Å². The topological polar surface area (TPSA) is 29.5 Å². The molecule has 1 unspecified atom stereocenters. The molecule has 3 heteroatoms. The molecular formula is C17H23NO2. The highest BCUT2D eigenvalue weighted by molar-refractivity contribution is 5.74. The van der Waals surface area contributed by atoms with Gasteiger partial charge in [0.05, 0.1) is 12.5 Å². The van der Waals surface area contributed by atoms with Crippen LogP contribution in [0.25, 0.3) is 0 Å². The number of nitrogens with zero attached hydrogens (tertiary/aromatic N) is 1. The van der Waals surface area contributed by atoms with E-state index in [9.17, 15) is 4.79 Å². The first-order valence-electron chi connectivity index (χ1n) is 7.66. The summed E-state index contributed by atoms with van der Waals surface area (Å²) >= 11 is 0. The maximum atomic E-state index is 12.2. The van der Waals surface area contributed by atoms with Crippen LogP contribution in [0.3, 0.4) is 0 Å². The van der Waals surface area contributed by atoms with Gasteiger partial charge in [-0.05, 0) is 30.7 Å². The van der Waals surface area contributed by atoms with E-state index in [1.807, 2.05) is 13.0 Å². The van der Waals surface area contributed by atoms with Crippen molar-refractivity contribution in [1.82, 2.24) is 4.90 Å². The fraction of sp³-hybridized carbons (Fsp3) is 0.588. The summed E-state index contributed by atoms with van der Waals surface area (Å²) in [4.78, 5) is 14.6. The van der Waals surface area contributed by atoms with Gasteiger partial charge in [0.2, 0.25) is 0 Å². The predicted molar refractivity (Wildman–Crippen MR) is 78.1 cm³/mol. The second-order valence-electron chi connectivity index (χ2n) is 6.18. The molecule has 20 heavy (non-hydrogen) atoms. The minimum absolute atomic E-state index is 0.0164. The highest BCUT2D eigenvalue weighted by atomic mass is 16.5. The number of ether oxygens (including phenoxy) is 1. The number of rotatable bonds is 4. The number of carbonyl (C=O) groups is 1. The van der Waals surface area contributed by atoms with Gasteiger partial charge in [-0.25, -0.2) is 0 Å². The van der Waals surface area contributed by atoms with E-state index >= 15 is 0 Å². The van der Waals surface area contributed by atoms with Gasteiger partial charge in [0.15, 0.2) is 0 Å². The quantitative estimate of drug-likeness (QED) is 0.790. The summed E-state index contributed by atoms with van der Waals surface area (Å²) in [6, 6.07) is 10.5. The van der Waals surface area contributed by atoms with Crippen LogP contribution in [-0.2, 0) is 16.1 Å². The SMILES string of the molecule is CCOC(=O)C1CN(Cc2ccccc2)CC12CCC2. The summed E-state index contributed by atoms with van der Waals surface area (Å²) in [5.74, 6) is 0.0997. The van der Waals surface area contributed by atoms with Gasteiger partial charge in [-0.2, -0.15) is 0 Å². The zero-order chi connectivity index (χ0) is 14.0. The van der Waals surface area contributed by atoms with Crippen LogP contribution in [0.1, 0.15) is 31.7 Å². The van der Waals surface area contributed by atoms with Crippen LogP contribution < -0.4 is 0 Å². The van der Waals surface area contributed by atoms with Crippen molar-refractivity contribution in [2.24, 2.45) is 11.3 Å². The summed E-state index contributed by atoms with van der Waals surface area (Å²) in [5.41, 5.74) is 1.53. The molecule has 0 bridgehead atoms. The molecule has 0 aromatic heterocycles. The molecule has 0 radical (unpaired) electrons. The van der Waals surface area contributed by atoms with Crippen LogP contribution in [0, 0.1) is 11.3 Å². The van der Waals surface area contributed by atoms with Gasteiger partial charge >= 0.3 is 5.97 Å². The van der Waals surface area contributed by atoms with E-state index in [2.05, 4.69) is 29.2 Å². The molecule has 1 atom stereocenters. The third-order valence-corrected chi connectivity index (χ3v) is 4.89. The molecular weight excluding hydrogens is 250 g/mol. The molecule has 1 spiro atoms. The van der Waals surface area contributed by atoms with E-state index in [-0.39, 0.29) is 17.3 Å². The molecule has 1 aromatic carbocycles. The van der Waals surface area contributed by atoms with E-state index in [0.717, 1.165) is 19.6 Å². The third kappa shape index (κ3) is 2.47. The second-order valence-corrected chi connectivity index (χ2v) is 6.18. The monoisotopic (exact) mass is 273 g/mol. The van der Waals surface area contributed by atoms with Gasteiger partial charge in [0, 0.05) is 19.6 Å². The van der Waals surface area contributed by atoms with Crippen LogP contribution in [0.2, 0.25) is 0 Å². The molecule has 1 saturated heterocycles. The van der Waals surface area contributed by atoms with Gasteiger partial charge in [-0.3, -0.25) is 9.69 Å². The van der Waals surface area contributed by atoms with Crippen molar-refractivity contribution in [2.75, 3.05) is 19.7 Å². The summed E-state index contributed by atoms with van der Waals surface area (Å²) < 4.78 is 5.29. The normalized spacial score (nSPS) is 24.6. The van der Waals surface area contributed by atoms with Gasteiger partial charge < -0.3 is 4.74 Å². The molecule has 0 N–H and O–H groups in total. The van der Waals surface area contributed by atoms with Crippen molar-refractivity contribution in [2.45, 2.75) is 32.7 Å². The highest BCUT2D eigenvalue weighted by Gasteiger charge is 2.53. The molecule has 3 rings (SSSR count). The predicted octanol–water partition coefficient (Wildman–Crippen LogP) is 2.85. The lowest BCUT2D eigenvalue weighted by molar-refractivity contribution is -0.153. The third-order valence-electron chi connectivity index (χ3n) is 4.89. The summed E-state index contributed by atoms with van der Waals surface area (Å²) in [6.45, 7) is 5.23. The number of esters is 1. The fourth-order valence-electron chi connectivity index (χ4n) is 3.74. The largest absolute Gasteiger partial charge is 0.466 e. The minimum atomic E-state index is 0.0164. The van der Waals surface area contributed by atoms with Gasteiger partial charge in [0.25, 0.3) is 0 Å². The van der Waals surface area contributed by atoms with Crippen LogP contribution >= 0.6 is 0 Å². The number of carbonyl (C=O) groups excluding carboxylic acids is 1. The molecule has 1 aromatic rings. The molecule has 1 aliphatic heterocycles. The van der Waals surface area contributed by atoms with E-state index in [1.54, 1.807) is 0 Å². The summed E-state index contributed by atoms with van der Waals surface area (Å²) in [7, 11) is 0. The van der Waals surface area contributed by atoms with Crippen molar-refractivity contribution in [3.05, 3.63) is 35.9 Å². The summed E-state index contributed by atoms with van der Waals surface area (Å²) in [5, 5.41) is 0. The number of benzene rings is 1. The van der Waals surface area contributed by atoms with Crippen LogP contribution in [-0.4, -0.2) is 30.6 Å². The Hall–Kier alpha value is -1.35. The molecule has 108 valence electrons. The zero-order valence-corrected chi connectivity index (χ0v) is 12.2. The van der Waals surface area contributed by atoms with Gasteiger partial charge in [-0.15, -0.1) is 0 Å². The average molecular weight is 273 g/mol. The molecule has 2 fully saturated rings. The minimum Gasteiger partial charge on any atom is -0.466 e. The number of hydrogen-bond acceptors (Lipinski definition) is 3. The Kier molecular flexibility index (Phi) is 3.79. The maximum Gasteiger partial charge on any atom is 0.310 e. The number of likely N-dealkylation sites (tertiary alicyclic amines) is 1. The van der Waals surface area contributed by atoms with Crippen molar-refractivity contribution < 1.29 is 9.53 Å². The Morgan fingerprint density at radius 3 is 2.70 bits per heavy atom. The first kappa shape index (κ1) is 13.6. The van der Waals surface area contributed by atoms with E-state index < -0.39 is 0 Å². The first-order valence-corrected chi connectivity index (χ1v) is 7.66. The smallest absolute Gasteiger partial charge is 0.310 e. The fourth-order valence-corrected chi connectivity index (χ4v) is 3.74. The Bertz CT molecular complexity index is 467. The van der Waals surface area contributed by atoms with Crippen molar-refractivity contribution in [3.63, 3.8) is 0 Å². The molecule has 0 amide bonds. The molecule has 1 aliphatic carbocycles. The van der Waals surface area contributed by atoms with Crippen LogP contribution in [0.4, 0.5) is 0 Å². The molecule has 1 saturated carbocycles. The van der Waals surface area contributed by atoms with Gasteiger partial charge in [-0.1, -0.05) is 36.8 Å². The lowest BCUT2D eigenvalue weighted by atomic mass is 9.63. The number of hydrogen-bond donors (Lipinski definition) is 0. The summed E-state index contributed by atoms with van der Waals surface area (Å²) in [6.07, 6.45) is 3.62. The molecule has 2 aliphatic rings. The second kappa shape index (κ2) is 5.57. The van der Waals surface area contributed by atoms with Gasteiger partial charge in [0.1, 0.15) is 0 Å². The van der Waals surface area contributed by atoms with E-state index in [4.69, 9.17) is 4.74 Å². The lowest BCUT2D eigenvalue weighted by Gasteiger charge is -2.41. The Labute approximate surface area is 120 Å². The Morgan fingerprint density at radius 2 is 2.10 bits per heavy atom. The molecule has 1 heterocycles. The molecule has 3 nitrogen and oxygen atoms in total. The maximum absolute atomic E-state index is 12.2. The first-order chi connectivity index (χ1) is 9.73.